The Morgan fingerprint density at radius 3 is 2.55 bits per heavy atom. The predicted molar refractivity (Wildman–Crippen MR) is 127 cm³/mol. The van der Waals surface area contributed by atoms with Crippen molar-refractivity contribution in [1.82, 2.24) is 19.9 Å². The Balaban J connectivity index is 1.52. The maximum Gasteiger partial charge on any atom is 0.323 e. The standard InChI is InChI=1S/C24H35FN6O2/c1-3-31-14-8-11-19(31)16-33-24-29-22(26-17-9-6-4-5-7-10-17)28-23(30-24)27-18-12-13-21(32-2)20(25)15-18/h12-13,15,17,19H,3-11,14,16H2,1-2H3,(H2,26,27,28,29,30). The summed E-state index contributed by atoms with van der Waals surface area (Å²) in [5.41, 5.74) is 0.527. The van der Waals surface area contributed by atoms with Crippen molar-refractivity contribution in [2.75, 3.05) is 37.4 Å². The molecular formula is C24H35FN6O2. The van der Waals surface area contributed by atoms with Crippen molar-refractivity contribution in [2.24, 2.45) is 0 Å². The van der Waals surface area contributed by atoms with Gasteiger partial charge in [0.2, 0.25) is 11.9 Å². The molecule has 2 N–H and O–H groups in total. The van der Waals surface area contributed by atoms with E-state index in [0.717, 1.165) is 32.4 Å². The van der Waals surface area contributed by atoms with E-state index in [1.54, 1.807) is 12.1 Å². The van der Waals surface area contributed by atoms with E-state index in [9.17, 15) is 4.39 Å². The van der Waals surface area contributed by atoms with Gasteiger partial charge in [0.1, 0.15) is 6.61 Å². The fraction of sp³-hybridized carbons (Fsp3) is 0.625. The van der Waals surface area contributed by atoms with E-state index in [1.807, 2.05) is 0 Å². The topological polar surface area (TPSA) is 84.4 Å². The largest absolute Gasteiger partial charge is 0.494 e. The third-order valence-electron chi connectivity index (χ3n) is 6.52. The molecule has 1 saturated carbocycles. The van der Waals surface area contributed by atoms with Crippen molar-refractivity contribution in [3.05, 3.63) is 24.0 Å². The van der Waals surface area contributed by atoms with E-state index in [-0.39, 0.29) is 11.8 Å². The molecule has 1 saturated heterocycles. The van der Waals surface area contributed by atoms with Crippen molar-refractivity contribution in [3.63, 3.8) is 0 Å². The van der Waals surface area contributed by atoms with Crippen LogP contribution in [0.25, 0.3) is 0 Å². The minimum Gasteiger partial charge on any atom is -0.494 e. The molecule has 0 spiro atoms. The van der Waals surface area contributed by atoms with Crippen LogP contribution in [0.3, 0.4) is 0 Å². The maximum atomic E-state index is 14.2. The first kappa shape index (κ1) is 23.5. The number of likely N-dealkylation sites (N-methyl/N-ethyl adjacent to an activating group) is 1. The second-order valence-electron chi connectivity index (χ2n) is 8.81. The molecule has 0 amide bonds. The Labute approximate surface area is 195 Å². The molecule has 8 nitrogen and oxygen atoms in total. The van der Waals surface area contributed by atoms with Crippen LogP contribution in [0, 0.1) is 5.82 Å². The first-order chi connectivity index (χ1) is 16.1. The van der Waals surface area contributed by atoms with Gasteiger partial charge >= 0.3 is 6.01 Å². The van der Waals surface area contributed by atoms with Crippen LogP contribution in [0.1, 0.15) is 58.3 Å². The van der Waals surface area contributed by atoms with Gasteiger partial charge in [-0.2, -0.15) is 15.0 Å². The molecular weight excluding hydrogens is 423 g/mol. The van der Waals surface area contributed by atoms with Gasteiger partial charge in [-0.1, -0.05) is 32.6 Å². The Morgan fingerprint density at radius 1 is 1.03 bits per heavy atom. The number of anilines is 3. The molecule has 1 aromatic carbocycles. The molecule has 9 heteroatoms. The molecule has 2 aliphatic rings. The zero-order valence-electron chi connectivity index (χ0n) is 19.6. The van der Waals surface area contributed by atoms with Gasteiger partial charge in [-0.25, -0.2) is 4.39 Å². The average molecular weight is 459 g/mol. The van der Waals surface area contributed by atoms with Crippen LogP contribution in [0.5, 0.6) is 11.8 Å². The number of likely N-dealkylation sites (tertiary alicyclic amines) is 1. The summed E-state index contributed by atoms with van der Waals surface area (Å²) in [7, 11) is 1.44. The number of aromatic nitrogens is 3. The molecule has 1 unspecified atom stereocenters. The van der Waals surface area contributed by atoms with Crippen molar-refractivity contribution in [2.45, 2.75) is 70.4 Å². The normalized spacial score (nSPS) is 19.8. The van der Waals surface area contributed by atoms with E-state index in [0.29, 0.717) is 36.3 Å². The molecule has 1 aliphatic carbocycles. The molecule has 0 bridgehead atoms. The van der Waals surface area contributed by atoms with Crippen LogP contribution in [0.2, 0.25) is 0 Å². The summed E-state index contributed by atoms with van der Waals surface area (Å²) >= 11 is 0. The fourth-order valence-electron chi connectivity index (χ4n) is 4.69. The van der Waals surface area contributed by atoms with Crippen LogP contribution >= 0.6 is 0 Å². The highest BCUT2D eigenvalue weighted by Gasteiger charge is 2.24. The first-order valence-electron chi connectivity index (χ1n) is 12.1. The predicted octanol–water partition coefficient (Wildman–Crippen LogP) is 4.76. The zero-order valence-corrected chi connectivity index (χ0v) is 19.6. The highest BCUT2D eigenvalue weighted by molar-refractivity contribution is 5.56. The summed E-state index contributed by atoms with van der Waals surface area (Å²) < 4.78 is 25.2. The van der Waals surface area contributed by atoms with Crippen molar-refractivity contribution in [3.8, 4) is 11.8 Å². The molecule has 180 valence electrons. The molecule has 4 rings (SSSR count). The molecule has 1 aliphatic heterocycles. The number of hydrogen-bond donors (Lipinski definition) is 2. The summed E-state index contributed by atoms with van der Waals surface area (Å²) in [6.45, 7) is 4.82. The number of hydrogen-bond acceptors (Lipinski definition) is 8. The van der Waals surface area contributed by atoms with Gasteiger partial charge in [0.05, 0.1) is 7.11 Å². The number of nitrogens with zero attached hydrogens (tertiary/aromatic N) is 4. The lowest BCUT2D eigenvalue weighted by Crippen LogP contribution is -2.34. The van der Waals surface area contributed by atoms with Crippen LogP contribution < -0.4 is 20.1 Å². The Morgan fingerprint density at radius 2 is 1.82 bits per heavy atom. The monoisotopic (exact) mass is 458 g/mol. The van der Waals surface area contributed by atoms with Gasteiger partial charge in [-0.05, 0) is 50.9 Å². The molecule has 2 aromatic rings. The molecule has 2 heterocycles. The number of halogens is 1. The molecule has 33 heavy (non-hydrogen) atoms. The van der Waals surface area contributed by atoms with Crippen molar-refractivity contribution in [1.29, 1.82) is 0 Å². The Bertz CT molecular complexity index is 907. The fourth-order valence-corrected chi connectivity index (χ4v) is 4.69. The lowest BCUT2D eigenvalue weighted by molar-refractivity contribution is 0.170. The quantitative estimate of drug-likeness (QED) is 0.521. The Kier molecular flexibility index (Phi) is 8.15. The lowest BCUT2D eigenvalue weighted by Gasteiger charge is -2.22. The number of benzene rings is 1. The molecule has 1 atom stereocenters. The highest BCUT2D eigenvalue weighted by Crippen LogP contribution is 2.25. The third kappa shape index (κ3) is 6.43. The van der Waals surface area contributed by atoms with E-state index in [4.69, 9.17) is 9.47 Å². The third-order valence-corrected chi connectivity index (χ3v) is 6.52. The second-order valence-corrected chi connectivity index (χ2v) is 8.81. The average Bonchev–Trinajstić information content (AvgIpc) is 3.12. The van der Waals surface area contributed by atoms with E-state index >= 15 is 0 Å². The lowest BCUT2D eigenvalue weighted by atomic mass is 10.1. The van der Waals surface area contributed by atoms with E-state index in [2.05, 4.69) is 37.4 Å². The first-order valence-corrected chi connectivity index (χ1v) is 12.1. The zero-order chi connectivity index (χ0) is 23.0. The van der Waals surface area contributed by atoms with Crippen molar-refractivity contribution < 1.29 is 13.9 Å². The smallest absolute Gasteiger partial charge is 0.323 e. The van der Waals surface area contributed by atoms with E-state index < -0.39 is 5.82 Å². The van der Waals surface area contributed by atoms with Crippen LogP contribution in [-0.2, 0) is 0 Å². The van der Waals surface area contributed by atoms with Crippen molar-refractivity contribution >= 4 is 17.6 Å². The number of rotatable bonds is 9. The number of nitrogens with one attached hydrogen (secondary N) is 2. The summed E-state index contributed by atoms with van der Waals surface area (Å²) in [6, 6.07) is 5.64. The minimum absolute atomic E-state index is 0.188. The molecule has 1 aromatic heterocycles. The van der Waals surface area contributed by atoms with Gasteiger partial charge in [-0.3, -0.25) is 4.90 Å². The van der Waals surface area contributed by atoms with Gasteiger partial charge in [0.15, 0.2) is 11.6 Å². The second kappa shape index (κ2) is 11.4. The maximum absolute atomic E-state index is 14.2. The Hall–Kier alpha value is -2.68. The minimum atomic E-state index is -0.453. The van der Waals surface area contributed by atoms with Crippen LogP contribution in [-0.4, -0.2) is 58.7 Å². The number of methoxy groups -OCH3 is 1. The summed E-state index contributed by atoms with van der Waals surface area (Å²) in [6.07, 6.45) is 9.45. The molecule has 2 fully saturated rings. The SMILES string of the molecule is CCN1CCCC1COc1nc(Nc2ccc(OC)c(F)c2)nc(NC2CCCCCC2)n1. The number of ether oxygens (including phenoxy) is 2. The van der Waals surface area contributed by atoms with E-state index in [1.165, 1.54) is 45.3 Å². The summed E-state index contributed by atoms with van der Waals surface area (Å²) in [4.78, 5) is 16.0. The highest BCUT2D eigenvalue weighted by atomic mass is 19.1. The van der Waals surface area contributed by atoms with Gasteiger partial charge < -0.3 is 20.1 Å². The van der Waals surface area contributed by atoms with Gasteiger partial charge in [0, 0.05) is 23.8 Å². The van der Waals surface area contributed by atoms with Crippen LogP contribution in [0.15, 0.2) is 18.2 Å². The molecule has 0 radical (unpaired) electrons. The summed E-state index contributed by atoms with van der Waals surface area (Å²) in [5, 5.41) is 6.56. The van der Waals surface area contributed by atoms with Gasteiger partial charge in [-0.15, -0.1) is 0 Å². The van der Waals surface area contributed by atoms with Crippen LogP contribution in [0.4, 0.5) is 22.0 Å². The van der Waals surface area contributed by atoms with Gasteiger partial charge in [0.25, 0.3) is 0 Å². The summed E-state index contributed by atoms with van der Waals surface area (Å²) in [5.74, 6) is 0.542.